The van der Waals surface area contributed by atoms with Gasteiger partial charge in [0, 0.05) is 16.3 Å². The maximum absolute atomic E-state index is 13.3. The molecule has 4 aromatic carbocycles. The lowest BCUT2D eigenvalue weighted by molar-refractivity contribution is -0.115. The second-order valence-electron chi connectivity index (χ2n) is 8.53. The Bertz CT molecular complexity index is 1440. The summed E-state index contributed by atoms with van der Waals surface area (Å²) < 4.78 is 0. The van der Waals surface area contributed by atoms with Crippen molar-refractivity contribution >= 4 is 40.9 Å². The molecule has 0 aromatic heterocycles. The minimum Gasteiger partial charge on any atom is -0.478 e. The molecule has 0 spiro atoms. The number of nitrogens with one attached hydrogen (secondary N) is 2. The van der Waals surface area contributed by atoms with Crippen LogP contribution >= 0.6 is 11.8 Å². The lowest BCUT2D eigenvalue weighted by atomic mass is 10.1. The first kappa shape index (κ1) is 25.7. The van der Waals surface area contributed by atoms with Gasteiger partial charge in [-0.2, -0.15) is 0 Å². The number of anilines is 2. The van der Waals surface area contributed by atoms with Gasteiger partial charge in [0.2, 0.25) is 5.91 Å². The summed E-state index contributed by atoms with van der Waals surface area (Å²) in [6.07, 6.45) is 0. The van der Waals surface area contributed by atoms with Crippen LogP contribution in [-0.2, 0) is 4.79 Å². The number of thioether (sulfide) groups is 1. The van der Waals surface area contributed by atoms with Gasteiger partial charge in [0.1, 0.15) is 5.25 Å². The van der Waals surface area contributed by atoms with Gasteiger partial charge >= 0.3 is 5.97 Å². The smallest absolute Gasteiger partial charge is 0.336 e. The molecule has 7 heteroatoms. The predicted octanol–water partition coefficient (Wildman–Crippen LogP) is 6.73. The van der Waals surface area contributed by atoms with Gasteiger partial charge in [-0.1, -0.05) is 48.5 Å². The molecule has 0 saturated carbocycles. The van der Waals surface area contributed by atoms with Gasteiger partial charge in [0.05, 0.1) is 11.1 Å². The number of amides is 2. The number of carboxylic acid groups (broad SMARTS) is 1. The Kier molecular flexibility index (Phi) is 8.05. The number of carbonyl (C=O) groups excluding carboxylic acids is 2. The normalized spacial score (nSPS) is 11.4. The maximum Gasteiger partial charge on any atom is 0.336 e. The van der Waals surface area contributed by atoms with Gasteiger partial charge in [0.15, 0.2) is 0 Å². The zero-order valence-corrected chi connectivity index (χ0v) is 21.2. The Hall–Kier alpha value is -4.36. The molecule has 3 N–H and O–H groups in total. The third-order valence-corrected chi connectivity index (χ3v) is 7.15. The fourth-order valence-corrected chi connectivity index (χ4v) is 4.77. The van der Waals surface area contributed by atoms with Crippen LogP contribution in [-0.4, -0.2) is 22.9 Å². The summed E-state index contributed by atoms with van der Waals surface area (Å²) in [5.41, 5.74) is 4.42. The molecule has 0 aliphatic carbocycles. The molecule has 37 heavy (non-hydrogen) atoms. The number of carbonyl (C=O) groups is 3. The van der Waals surface area contributed by atoms with Crippen LogP contribution in [0.2, 0.25) is 0 Å². The molecule has 1 atom stereocenters. The van der Waals surface area contributed by atoms with Crippen LogP contribution in [0.5, 0.6) is 0 Å². The molecule has 0 fully saturated rings. The standard InChI is InChI=1S/C30H26N2O4S/c1-19-12-13-23(18-20(19)2)32-29(34)27(21-8-4-3-5-9-21)37-24-16-14-22(15-17-24)31-28(33)25-10-6-7-11-26(25)30(35)36/h3-18,27H,1-2H3,(H,31,33)(H,32,34)(H,35,36). The average molecular weight is 511 g/mol. The Morgan fingerprint density at radius 3 is 1.97 bits per heavy atom. The van der Waals surface area contributed by atoms with Crippen molar-refractivity contribution in [2.24, 2.45) is 0 Å². The van der Waals surface area contributed by atoms with Crippen LogP contribution < -0.4 is 10.6 Å². The quantitative estimate of drug-likeness (QED) is 0.229. The van der Waals surface area contributed by atoms with Crippen molar-refractivity contribution in [1.29, 1.82) is 0 Å². The Labute approximate surface area is 219 Å². The van der Waals surface area contributed by atoms with Gasteiger partial charge in [-0.25, -0.2) is 4.79 Å². The van der Waals surface area contributed by atoms with Gasteiger partial charge in [0.25, 0.3) is 5.91 Å². The van der Waals surface area contributed by atoms with Crippen LogP contribution in [0.25, 0.3) is 0 Å². The van der Waals surface area contributed by atoms with Gasteiger partial charge in [-0.3, -0.25) is 9.59 Å². The molecule has 0 radical (unpaired) electrons. The number of benzene rings is 4. The van der Waals surface area contributed by atoms with E-state index in [0.29, 0.717) is 5.69 Å². The van der Waals surface area contributed by atoms with Crippen LogP contribution in [0.4, 0.5) is 11.4 Å². The Morgan fingerprint density at radius 2 is 1.32 bits per heavy atom. The highest BCUT2D eigenvalue weighted by atomic mass is 32.2. The van der Waals surface area contributed by atoms with Crippen LogP contribution in [0, 0.1) is 13.8 Å². The third kappa shape index (κ3) is 6.45. The van der Waals surface area contributed by atoms with E-state index < -0.39 is 17.1 Å². The van der Waals surface area contributed by atoms with Crippen LogP contribution in [0.15, 0.2) is 102 Å². The van der Waals surface area contributed by atoms with Gasteiger partial charge in [-0.15, -0.1) is 11.8 Å². The molecule has 2 amide bonds. The zero-order valence-electron chi connectivity index (χ0n) is 20.4. The largest absolute Gasteiger partial charge is 0.478 e. The molecule has 0 aliphatic rings. The van der Waals surface area contributed by atoms with Gasteiger partial charge < -0.3 is 15.7 Å². The lowest BCUT2D eigenvalue weighted by Gasteiger charge is -2.18. The van der Waals surface area contributed by atoms with Crippen LogP contribution in [0.3, 0.4) is 0 Å². The van der Waals surface area contributed by atoms with E-state index in [1.165, 1.54) is 23.9 Å². The SMILES string of the molecule is Cc1ccc(NC(=O)C(Sc2ccc(NC(=O)c3ccccc3C(=O)O)cc2)c2ccccc2)cc1C. The number of hydrogen-bond acceptors (Lipinski definition) is 4. The summed E-state index contributed by atoms with van der Waals surface area (Å²) in [5, 5.41) is 14.6. The topological polar surface area (TPSA) is 95.5 Å². The summed E-state index contributed by atoms with van der Waals surface area (Å²) in [6, 6.07) is 28.6. The summed E-state index contributed by atoms with van der Waals surface area (Å²) in [4.78, 5) is 38.3. The minimum absolute atomic E-state index is 0.0624. The van der Waals surface area contributed by atoms with Crippen molar-refractivity contribution in [3.63, 3.8) is 0 Å². The molecular weight excluding hydrogens is 484 g/mol. The average Bonchev–Trinajstić information content (AvgIpc) is 2.90. The number of rotatable bonds is 8. The summed E-state index contributed by atoms with van der Waals surface area (Å²) in [6.45, 7) is 4.04. The van der Waals surface area contributed by atoms with E-state index in [-0.39, 0.29) is 17.0 Å². The molecule has 186 valence electrons. The fourth-order valence-electron chi connectivity index (χ4n) is 3.75. The number of aryl methyl sites for hydroxylation is 2. The molecule has 6 nitrogen and oxygen atoms in total. The summed E-state index contributed by atoms with van der Waals surface area (Å²) >= 11 is 1.40. The monoisotopic (exact) mass is 510 g/mol. The second-order valence-corrected chi connectivity index (χ2v) is 9.70. The highest BCUT2D eigenvalue weighted by Gasteiger charge is 2.22. The molecular formula is C30H26N2O4S. The van der Waals surface area contributed by atoms with Crippen molar-refractivity contribution in [2.45, 2.75) is 24.0 Å². The maximum atomic E-state index is 13.3. The summed E-state index contributed by atoms with van der Waals surface area (Å²) in [7, 11) is 0. The number of hydrogen-bond donors (Lipinski definition) is 3. The van der Waals surface area contributed by atoms with E-state index in [1.807, 2.05) is 74.5 Å². The predicted molar refractivity (Wildman–Crippen MR) is 147 cm³/mol. The molecule has 0 bridgehead atoms. The first-order valence-corrected chi connectivity index (χ1v) is 12.5. The van der Waals surface area contributed by atoms with Crippen molar-refractivity contribution in [3.8, 4) is 0 Å². The zero-order chi connectivity index (χ0) is 26.4. The number of aromatic carboxylic acids is 1. The molecule has 4 aromatic rings. The van der Waals surface area contributed by atoms with E-state index >= 15 is 0 Å². The van der Waals surface area contributed by atoms with E-state index in [2.05, 4.69) is 10.6 Å². The molecule has 0 saturated heterocycles. The molecule has 4 rings (SSSR count). The van der Waals surface area contributed by atoms with E-state index in [1.54, 1.807) is 24.3 Å². The highest BCUT2D eigenvalue weighted by molar-refractivity contribution is 8.00. The van der Waals surface area contributed by atoms with Crippen molar-refractivity contribution in [3.05, 3.63) is 125 Å². The van der Waals surface area contributed by atoms with E-state index in [9.17, 15) is 19.5 Å². The minimum atomic E-state index is -1.16. The van der Waals surface area contributed by atoms with E-state index in [4.69, 9.17) is 0 Å². The first-order valence-electron chi connectivity index (χ1n) is 11.7. The number of carboxylic acids is 1. The summed E-state index contributed by atoms with van der Waals surface area (Å²) in [5.74, 6) is -1.81. The molecule has 0 aliphatic heterocycles. The highest BCUT2D eigenvalue weighted by Crippen LogP contribution is 2.37. The van der Waals surface area contributed by atoms with Gasteiger partial charge in [-0.05, 0) is 79.1 Å². The van der Waals surface area contributed by atoms with Crippen molar-refractivity contribution in [1.82, 2.24) is 0 Å². The molecule has 0 heterocycles. The Morgan fingerprint density at radius 1 is 0.703 bits per heavy atom. The second kappa shape index (κ2) is 11.6. The fraction of sp³-hybridized carbons (Fsp3) is 0.100. The lowest BCUT2D eigenvalue weighted by Crippen LogP contribution is -2.19. The van der Waals surface area contributed by atoms with Crippen molar-refractivity contribution in [2.75, 3.05) is 10.6 Å². The molecule has 1 unspecified atom stereocenters. The van der Waals surface area contributed by atoms with Crippen LogP contribution in [0.1, 0.15) is 42.7 Å². The van der Waals surface area contributed by atoms with Crippen molar-refractivity contribution < 1.29 is 19.5 Å². The van der Waals surface area contributed by atoms with E-state index in [0.717, 1.165) is 27.3 Å². The first-order chi connectivity index (χ1) is 17.8. The Balaban J connectivity index is 1.50. The third-order valence-electron chi connectivity index (χ3n) is 5.88.